The Morgan fingerprint density at radius 2 is 1.58 bits per heavy atom. The van der Waals surface area contributed by atoms with Crippen molar-refractivity contribution in [3.05, 3.63) is 71.6 Å². The monoisotopic (exact) mass is 921 g/mol. The minimum atomic E-state index is -4.28. The highest BCUT2D eigenvalue weighted by Crippen LogP contribution is 2.27. The van der Waals surface area contributed by atoms with E-state index in [1.54, 1.807) is 84.1 Å². The fourth-order valence-electron chi connectivity index (χ4n) is 6.89. The molecule has 0 aliphatic heterocycles. The summed E-state index contributed by atoms with van der Waals surface area (Å²) < 4.78 is 35.5. The van der Waals surface area contributed by atoms with E-state index in [2.05, 4.69) is 26.6 Å². The summed E-state index contributed by atoms with van der Waals surface area (Å²) in [6, 6.07) is 8.95. The molecule has 1 heterocycles. The van der Waals surface area contributed by atoms with Crippen LogP contribution < -0.4 is 36.8 Å². The highest BCUT2D eigenvalue weighted by atomic mass is 32.2. The smallest absolute Gasteiger partial charge is 0.419 e. The van der Waals surface area contributed by atoms with Gasteiger partial charge in [-0.2, -0.15) is 9.57 Å². The average molecular weight is 922 g/mol. The van der Waals surface area contributed by atoms with Gasteiger partial charge in [-0.1, -0.05) is 38.1 Å². The zero-order chi connectivity index (χ0) is 49.2. The summed E-state index contributed by atoms with van der Waals surface area (Å²) in [6.07, 6.45) is 2.10. The van der Waals surface area contributed by atoms with Crippen molar-refractivity contribution in [2.24, 2.45) is 11.7 Å². The highest BCUT2D eigenvalue weighted by Gasteiger charge is 2.32. The molecule has 1 aromatic heterocycles. The number of aromatic nitrogens is 1. The van der Waals surface area contributed by atoms with Crippen LogP contribution in [0.3, 0.4) is 0 Å². The molecule has 3 aromatic rings. The van der Waals surface area contributed by atoms with Crippen LogP contribution in [0.2, 0.25) is 0 Å². The number of benzene rings is 2. The van der Waals surface area contributed by atoms with Crippen molar-refractivity contribution in [1.29, 1.82) is 5.26 Å². The van der Waals surface area contributed by atoms with Crippen molar-refractivity contribution in [2.75, 3.05) is 41.8 Å². The van der Waals surface area contributed by atoms with Gasteiger partial charge in [-0.05, 0) is 70.7 Å². The molecular weight excluding hydrogens is 857 g/mol. The number of nitrogens with zero attached hydrogens (tertiary/aromatic N) is 4. The lowest BCUT2D eigenvalue weighted by Gasteiger charge is -2.29. The zero-order valence-electron chi connectivity index (χ0n) is 39.4. The van der Waals surface area contributed by atoms with E-state index < -0.39 is 82.0 Å². The quantitative estimate of drug-likeness (QED) is 0.0897. The van der Waals surface area contributed by atoms with Crippen molar-refractivity contribution >= 4 is 62.2 Å². The molecule has 0 fully saturated rings. The Hall–Kier alpha value is -6.30. The topological polar surface area (TPSA) is 264 Å². The van der Waals surface area contributed by atoms with Crippen LogP contribution in [0.15, 0.2) is 65.3 Å². The predicted octanol–water partition coefficient (Wildman–Crippen LogP) is 2.36. The number of carbonyl (C=O) groups excluding carboxylic acids is 6. The van der Waals surface area contributed by atoms with E-state index in [0.717, 1.165) is 4.31 Å². The second-order valence-corrected chi connectivity index (χ2v) is 20.0. The standard InChI is InChI=1S/C45H64N10O9S/c1-13-33(34(19-21-38(47)56)51-39(57)26-53(9)65(62,63)31-18-20-37(55(10,11)12)29(22-31)24-46)50-35(42(59)49-28(4)41(58)52-40(27(2)3)43(60)48-8)23-30-25-54(44(61)64-45(5,6)7)36-17-15-14-16-32(30)36/h13-18,20,22,25,27-28,34-35,40,50H,19,21,23,26H2,1-12H3,(H5-,47,48,49,51,52,56,57,58,59,60)/p+1/t28-,34-,35-,40-/m0/s1. The molecule has 354 valence electrons. The van der Waals surface area contributed by atoms with Crippen LogP contribution in [0, 0.1) is 17.2 Å². The Morgan fingerprint density at radius 1 is 0.938 bits per heavy atom. The first-order valence-electron chi connectivity index (χ1n) is 21.1. The van der Waals surface area contributed by atoms with Crippen molar-refractivity contribution in [3.8, 4) is 6.07 Å². The van der Waals surface area contributed by atoms with Gasteiger partial charge in [-0.25, -0.2) is 13.2 Å². The molecule has 2 aromatic carbocycles. The largest absolute Gasteiger partial charge is 0.443 e. The van der Waals surface area contributed by atoms with Crippen molar-refractivity contribution in [3.63, 3.8) is 0 Å². The Kier molecular flexibility index (Phi) is 18.0. The number of hydrogen-bond acceptors (Lipinski definition) is 11. The van der Waals surface area contributed by atoms with Gasteiger partial charge in [-0.15, -0.1) is 0 Å². The first-order chi connectivity index (χ1) is 30.1. The fraction of sp³-hybridized carbons (Fsp3) is 0.489. The number of para-hydroxylation sites is 1. The van der Waals surface area contributed by atoms with Gasteiger partial charge >= 0.3 is 6.09 Å². The third-order valence-corrected chi connectivity index (χ3v) is 12.1. The molecule has 0 radical (unpaired) electrons. The summed E-state index contributed by atoms with van der Waals surface area (Å²) in [4.78, 5) is 79.4. The first-order valence-corrected chi connectivity index (χ1v) is 22.6. The predicted molar refractivity (Wildman–Crippen MR) is 247 cm³/mol. The number of nitrogens with two attached hydrogens (primary N) is 1. The summed E-state index contributed by atoms with van der Waals surface area (Å²) in [7, 11) is 3.88. The molecule has 5 amide bonds. The van der Waals surface area contributed by atoms with E-state index in [0.29, 0.717) is 22.2 Å². The molecule has 0 bridgehead atoms. The third kappa shape index (κ3) is 14.3. The molecule has 0 aliphatic carbocycles. The van der Waals surface area contributed by atoms with E-state index in [4.69, 9.17) is 10.5 Å². The Balaban J connectivity index is 2.03. The average Bonchev–Trinajstić information content (AvgIpc) is 3.59. The minimum Gasteiger partial charge on any atom is -0.443 e. The number of amides is 5. The number of hydrogen-bond donors (Lipinski definition) is 6. The number of ether oxygens (including phenoxy) is 1. The van der Waals surface area contributed by atoms with Crippen LogP contribution in [-0.4, -0.2) is 124 Å². The molecule has 4 atom stereocenters. The molecule has 20 heteroatoms. The molecule has 7 N–H and O–H groups in total. The van der Waals surface area contributed by atoms with Gasteiger partial charge in [0.1, 0.15) is 41.0 Å². The number of carbonyl (C=O) groups is 6. The Morgan fingerprint density at radius 3 is 2.14 bits per heavy atom. The van der Waals surface area contributed by atoms with Crippen LogP contribution in [0.1, 0.15) is 72.4 Å². The third-order valence-electron chi connectivity index (χ3n) is 10.3. The van der Waals surface area contributed by atoms with E-state index in [1.807, 2.05) is 27.2 Å². The van der Waals surface area contributed by atoms with Gasteiger partial charge in [0.15, 0.2) is 0 Å². The Labute approximate surface area is 381 Å². The number of rotatable bonds is 20. The minimum absolute atomic E-state index is 0.0660. The number of likely N-dealkylation sites (N-methyl/N-ethyl adjacent to an activating group) is 2. The van der Waals surface area contributed by atoms with Gasteiger partial charge in [-0.3, -0.25) is 33.0 Å². The second-order valence-electron chi connectivity index (χ2n) is 17.9. The van der Waals surface area contributed by atoms with Crippen LogP contribution in [0.25, 0.3) is 10.9 Å². The number of primary amides is 1. The summed E-state index contributed by atoms with van der Waals surface area (Å²) in [5, 5.41) is 24.3. The van der Waals surface area contributed by atoms with Gasteiger partial charge in [0.05, 0.1) is 44.1 Å². The normalized spacial score (nSPS) is 14.1. The molecule has 0 unspecified atom stereocenters. The molecule has 0 saturated carbocycles. The van der Waals surface area contributed by atoms with Crippen LogP contribution in [-0.2, 0) is 45.2 Å². The molecule has 65 heavy (non-hydrogen) atoms. The van der Waals surface area contributed by atoms with E-state index in [1.165, 1.54) is 37.7 Å². The van der Waals surface area contributed by atoms with Gasteiger partial charge in [0.25, 0.3) is 0 Å². The fourth-order valence-corrected chi connectivity index (χ4v) is 8.04. The maximum absolute atomic E-state index is 14.4. The number of sulfonamides is 1. The summed E-state index contributed by atoms with van der Waals surface area (Å²) in [5.74, 6) is -3.46. The lowest BCUT2D eigenvalue weighted by Crippen LogP contribution is -2.57. The van der Waals surface area contributed by atoms with Crippen LogP contribution >= 0.6 is 0 Å². The maximum atomic E-state index is 14.4. The summed E-state index contributed by atoms with van der Waals surface area (Å²) >= 11 is 0. The van der Waals surface area contributed by atoms with E-state index in [9.17, 15) is 42.4 Å². The summed E-state index contributed by atoms with van der Waals surface area (Å²) in [6.45, 7) is 11.1. The SMILES string of the molecule is CC=C(N[C@@H](Cc1cn(C(=O)OC(C)(C)C)c2ccccc12)C(=O)N[C@@H](C)C(=O)N[C@H](C(=O)NC)C(C)C)[C@H](CCC(N)=O)NC(=O)CN(C)S(=O)(=O)c1ccc([N+](C)(C)C)c(C#N)c1. The first kappa shape index (κ1) is 53.0. The Bertz CT molecular complexity index is 2440. The molecular formula is C45H65N10O9S+. The zero-order valence-corrected chi connectivity index (χ0v) is 40.2. The molecule has 3 rings (SSSR count). The lowest BCUT2D eigenvalue weighted by molar-refractivity contribution is -0.132. The number of quaternary nitrogens is 1. The van der Waals surface area contributed by atoms with E-state index >= 15 is 0 Å². The van der Waals surface area contributed by atoms with Gasteiger partial charge in [0, 0.05) is 50.3 Å². The number of fused-ring (bicyclic) bond motifs is 1. The lowest BCUT2D eigenvalue weighted by atomic mass is 10.0. The van der Waals surface area contributed by atoms with Crippen LogP contribution in [0.4, 0.5) is 10.5 Å². The number of allylic oxidation sites excluding steroid dienone is 1. The van der Waals surface area contributed by atoms with Crippen molar-refractivity contribution in [1.82, 2.24) is 39.9 Å². The van der Waals surface area contributed by atoms with Gasteiger partial charge in [0.2, 0.25) is 39.6 Å². The molecule has 0 spiro atoms. The molecule has 0 aliphatic rings. The number of nitriles is 1. The number of nitrogens with one attached hydrogen (secondary N) is 5. The maximum Gasteiger partial charge on any atom is 0.419 e. The van der Waals surface area contributed by atoms with Crippen molar-refractivity contribution < 1.29 is 41.9 Å². The van der Waals surface area contributed by atoms with Crippen LogP contribution in [0.5, 0.6) is 0 Å². The molecule has 0 saturated heterocycles. The molecule has 19 nitrogen and oxygen atoms in total. The van der Waals surface area contributed by atoms with E-state index in [-0.39, 0.29) is 45.8 Å². The van der Waals surface area contributed by atoms with Crippen molar-refractivity contribution in [2.45, 2.75) is 102 Å². The second kappa shape index (κ2) is 22.1. The summed E-state index contributed by atoms with van der Waals surface area (Å²) in [5.41, 5.74) is 6.74. The highest BCUT2D eigenvalue weighted by molar-refractivity contribution is 7.89. The van der Waals surface area contributed by atoms with Gasteiger partial charge < -0.3 is 37.1 Å².